The summed E-state index contributed by atoms with van der Waals surface area (Å²) in [5.41, 5.74) is 2.35. The Kier molecular flexibility index (Phi) is 3.88. The number of ether oxygens (including phenoxy) is 2. The molecule has 1 saturated heterocycles. The number of rotatable bonds is 4. The monoisotopic (exact) mass is 222 g/mol. The van der Waals surface area contributed by atoms with E-state index in [0.29, 0.717) is 13.2 Å². The van der Waals surface area contributed by atoms with Crippen molar-refractivity contribution in [3.63, 3.8) is 0 Å². The summed E-state index contributed by atoms with van der Waals surface area (Å²) >= 11 is 0. The fourth-order valence-corrected chi connectivity index (χ4v) is 1.93. The number of aromatic nitrogens is 1. The number of aryl methyl sites for hydroxylation is 1. The van der Waals surface area contributed by atoms with Crippen molar-refractivity contribution in [2.75, 3.05) is 20.3 Å². The Labute approximate surface area is 96.0 Å². The Bertz CT molecular complexity index is 338. The van der Waals surface area contributed by atoms with Crippen molar-refractivity contribution in [1.82, 2.24) is 10.3 Å². The van der Waals surface area contributed by atoms with Crippen molar-refractivity contribution < 1.29 is 9.47 Å². The summed E-state index contributed by atoms with van der Waals surface area (Å²) in [6.07, 6.45) is 4.49. The second kappa shape index (κ2) is 5.39. The summed E-state index contributed by atoms with van der Waals surface area (Å²) in [4.78, 5) is 4.21. The Hall–Kier alpha value is -0.970. The molecule has 16 heavy (non-hydrogen) atoms. The quantitative estimate of drug-likeness (QED) is 0.836. The molecule has 1 unspecified atom stereocenters. The van der Waals surface area contributed by atoms with Gasteiger partial charge in [-0.1, -0.05) is 6.07 Å². The first kappa shape index (κ1) is 11.5. The lowest BCUT2D eigenvalue weighted by Gasteiger charge is -2.19. The molecular weight excluding hydrogens is 204 g/mol. The highest BCUT2D eigenvalue weighted by atomic mass is 16.7. The van der Waals surface area contributed by atoms with Gasteiger partial charge in [0.15, 0.2) is 6.29 Å². The third-order valence-corrected chi connectivity index (χ3v) is 2.77. The molecule has 0 amide bonds. The molecule has 0 radical (unpaired) electrons. The van der Waals surface area contributed by atoms with E-state index < -0.39 is 0 Å². The van der Waals surface area contributed by atoms with Gasteiger partial charge in [-0.2, -0.15) is 0 Å². The van der Waals surface area contributed by atoms with Gasteiger partial charge in [0.1, 0.15) is 0 Å². The molecule has 1 atom stereocenters. The largest absolute Gasteiger partial charge is 0.350 e. The predicted molar refractivity (Wildman–Crippen MR) is 61.1 cm³/mol. The lowest BCUT2D eigenvalue weighted by molar-refractivity contribution is -0.0526. The van der Waals surface area contributed by atoms with Gasteiger partial charge in [0, 0.05) is 24.9 Å². The molecule has 1 fully saturated rings. The van der Waals surface area contributed by atoms with Crippen LogP contribution in [0, 0.1) is 6.92 Å². The molecule has 1 aromatic heterocycles. The van der Waals surface area contributed by atoms with E-state index in [9.17, 15) is 0 Å². The number of nitrogens with zero attached hydrogens (tertiary/aromatic N) is 1. The maximum Gasteiger partial charge on any atom is 0.159 e. The molecular formula is C12H18N2O2. The SMILES string of the molecule is CNC(CC1OCCO1)c1cncc(C)c1. The zero-order chi connectivity index (χ0) is 11.4. The molecule has 2 rings (SSSR count). The van der Waals surface area contributed by atoms with Gasteiger partial charge < -0.3 is 14.8 Å². The van der Waals surface area contributed by atoms with Crippen molar-refractivity contribution in [3.05, 3.63) is 29.6 Å². The summed E-state index contributed by atoms with van der Waals surface area (Å²) in [5, 5.41) is 3.27. The van der Waals surface area contributed by atoms with E-state index in [-0.39, 0.29) is 12.3 Å². The van der Waals surface area contributed by atoms with Crippen LogP contribution in [0.15, 0.2) is 18.5 Å². The first-order chi connectivity index (χ1) is 7.79. The van der Waals surface area contributed by atoms with Gasteiger partial charge in [0.2, 0.25) is 0 Å². The smallest absolute Gasteiger partial charge is 0.159 e. The average Bonchev–Trinajstić information content (AvgIpc) is 2.78. The fraction of sp³-hybridized carbons (Fsp3) is 0.583. The molecule has 4 nitrogen and oxygen atoms in total. The summed E-state index contributed by atoms with van der Waals surface area (Å²) in [5.74, 6) is 0. The molecule has 2 heterocycles. The van der Waals surface area contributed by atoms with Crippen LogP contribution in [0.3, 0.4) is 0 Å². The molecule has 0 aliphatic carbocycles. The van der Waals surface area contributed by atoms with Crippen LogP contribution in [0.2, 0.25) is 0 Å². The minimum absolute atomic E-state index is 0.0852. The number of hydrogen-bond donors (Lipinski definition) is 1. The summed E-state index contributed by atoms with van der Waals surface area (Å²) in [6.45, 7) is 3.45. The summed E-state index contributed by atoms with van der Waals surface area (Å²) in [7, 11) is 1.95. The topological polar surface area (TPSA) is 43.4 Å². The van der Waals surface area contributed by atoms with E-state index >= 15 is 0 Å². The van der Waals surface area contributed by atoms with Crippen molar-refractivity contribution in [1.29, 1.82) is 0 Å². The van der Waals surface area contributed by atoms with Gasteiger partial charge in [-0.3, -0.25) is 4.98 Å². The highest BCUT2D eigenvalue weighted by Crippen LogP contribution is 2.21. The first-order valence-corrected chi connectivity index (χ1v) is 5.61. The van der Waals surface area contributed by atoms with Gasteiger partial charge in [0.25, 0.3) is 0 Å². The molecule has 1 aliphatic heterocycles. The second-order valence-electron chi connectivity index (χ2n) is 4.04. The van der Waals surface area contributed by atoms with Gasteiger partial charge in [-0.25, -0.2) is 0 Å². The Morgan fingerprint density at radius 2 is 2.19 bits per heavy atom. The van der Waals surface area contributed by atoms with E-state index in [1.54, 1.807) is 0 Å². The van der Waals surface area contributed by atoms with Gasteiger partial charge in [-0.15, -0.1) is 0 Å². The van der Waals surface area contributed by atoms with E-state index in [1.165, 1.54) is 11.1 Å². The van der Waals surface area contributed by atoms with Crippen LogP contribution >= 0.6 is 0 Å². The van der Waals surface area contributed by atoms with E-state index in [1.807, 2.05) is 26.4 Å². The zero-order valence-corrected chi connectivity index (χ0v) is 9.77. The highest BCUT2D eigenvalue weighted by Gasteiger charge is 2.21. The van der Waals surface area contributed by atoms with Crippen LogP contribution in [0.1, 0.15) is 23.6 Å². The fourth-order valence-electron chi connectivity index (χ4n) is 1.93. The van der Waals surface area contributed by atoms with Crippen LogP contribution < -0.4 is 5.32 Å². The zero-order valence-electron chi connectivity index (χ0n) is 9.77. The van der Waals surface area contributed by atoms with Crippen LogP contribution in [-0.4, -0.2) is 31.5 Å². The summed E-state index contributed by atoms with van der Waals surface area (Å²) in [6, 6.07) is 2.37. The molecule has 1 N–H and O–H groups in total. The van der Waals surface area contributed by atoms with Gasteiger partial charge in [-0.05, 0) is 25.1 Å². The third kappa shape index (κ3) is 2.78. The van der Waals surface area contributed by atoms with Crippen LogP contribution in [-0.2, 0) is 9.47 Å². The van der Waals surface area contributed by atoms with Gasteiger partial charge >= 0.3 is 0 Å². The minimum Gasteiger partial charge on any atom is -0.350 e. The standard InChI is InChI=1S/C12H18N2O2/c1-9-5-10(8-14-7-9)11(13-2)6-12-15-3-4-16-12/h5,7-8,11-13H,3-4,6H2,1-2H3. The van der Waals surface area contributed by atoms with E-state index in [2.05, 4.69) is 16.4 Å². The van der Waals surface area contributed by atoms with E-state index in [0.717, 1.165) is 6.42 Å². The maximum absolute atomic E-state index is 5.45. The van der Waals surface area contributed by atoms with Crippen LogP contribution in [0.4, 0.5) is 0 Å². The second-order valence-corrected chi connectivity index (χ2v) is 4.04. The lowest BCUT2D eigenvalue weighted by atomic mass is 10.0. The van der Waals surface area contributed by atoms with Crippen molar-refractivity contribution in [2.45, 2.75) is 25.7 Å². The molecule has 1 aromatic rings. The summed E-state index contributed by atoms with van der Waals surface area (Å²) < 4.78 is 10.9. The van der Waals surface area contributed by atoms with Crippen molar-refractivity contribution in [3.8, 4) is 0 Å². The van der Waals surface area contributed by atoms with E-state index in [4.69, 9.17) is 9.47 Å². The number of pyridine rings is 1. The molecule has 88 valence electrons. The third-order valence-electron chi connectivity index (χ3n) is 2.77. The predicted octanol–water partition coefficient (Wildman–Crippen LogP) is 1.41. The van der Waals surface area contributed by atoms with Gasteiger partial charge in [0.05, 0.1) is 13.2 Å². The normalized spacial score (nSPS) is 18.9. The van der Waals surface area contributed by atoms with Crippen LogP contribution in [0.25, 0.3) is 0 Å². The highest BCUT2D eigenvalue weighted by molar-refractivity contribution is 5.20. The maximum atomic E-state index is 5.45. The Morgan fingerprint density at radius 3 is 2.81 bits per heavy atom. The van der Waals surface area contributed by atoms with Crippen LogP contribution in [0.5, 0.6) is 0 Å². The van der Waals surface area contributed by atoms with Crippen molar-refractivity contribution >= 4 is 0 Å². The number of hydrogen-bond acceptors (Lipinski definition) is 4. The Morgan fingerprint density at radius 1 is 1.44 bits per heavy atom. The average molecular weight is 222 g/mol. The molecule has 4 heteroatoms. The molecule has 1 aliphatic rings. The molecule has 0 bridgehead atoms. The molecule has 0 saturated carbocycles. The molecule has 0 aromatic carbocycles. The minimum atomic E-state index is -0.0852. The molecule has 0 spiro atoms. The van der Waals surface area contributed by atoms with Crippen molar-refractivity contribution in [2.24, 2.45) is 0 Å². The first-order valence-electron chi connectivity index (χ1n) is 5.61. The Balaban J connectivity index is 2.03. The lowest BCUT2D eigenvalue weighted by Crippen LogP contribution is -2.23. The number of nitrogens with one attached hydrogen (secondary N) is 1.